The van der Waals surface area contributed by atoms with Gasteiger partial charge >= 0.3 is 0 Å². The Morgan fingerprint density at radius 2 is 2.16 bits per heavy atom. The predicted octanol–water partition coefficient (Wildman–Crippen LogP) is 1.45. The summed E-state index contributed by atoms with van der Waals surface area (Å²) in [5.74, 6) is 1.07. The maximum absolute atomic E-state index is 11.4. The Bertz CT molecular complexity index is 466. The molecule has 0 aliphatic heterocycles. The Balaban J connectivity index is 2.40. The van der Waals surface area contributed by atoms with Gasteiger partial charge in [-0.15, -0.1) is 0 Å². The average molecular weight is 287 g/mol. The normalized spacial score (nSPS) is 12.2. The molecule has 0 saturated carbocycles. The zero-order valence-corrected chi connectivity index (χ0v) is 12.9. The van der Waals surface area contributed by atoms with E-state index < -0.39 is 9.84 Å². The largest absolute Gasteiger partial charge is 0.311 e. The molecule has 1 aromatic heterocycles. The fraction of sp³-hybridized carbons (Fsp3) is 0.769. The minimum absolute atomic E-state index is 0.217. The van der Waals surface area contributed by atoms with Crippen LogP contribution in [-0.4, -0.2) is 36.2 Å². The smallest absolute Gasteiger partial charge is 0.150 e. The number of nitrogens with zero attached hydrogens (tertiary/aromatic N) is 2. The molecule has 0 aromatic carbocycles. The number of aryl methyl sites for hydroxylation is 1. The summed E-state index contributed by atoms with van der Waals surface area (Å²) in [5, 5.41) is 7.61. The first-order valence-electron chi connectivity index (χ1n) is 6.86. The van der Waals surface area contributed by atoms with Crippen LogP contribution in [-0.2, 0) is 22.9 Å². The van der Waals surface area contributed by atoms with Gasteiger partial charge in [-0.2, -0.15) is 5.10 Å². The molecule has 19 heavy (non-hydrogen) atoms. The van der Waals surface area contributed by atoms with Gasteiger partial charge in [0.15, 0.2) is 0 Å². The van der Waals surface area contributed by atoms with Crippen LogP contribution in [0.4, 0.5) is 0 Å². The molecular weight excluding hydrogens is 262 g/mol. The summed E-state index contributed by atoms with van der Waals surface area (Å²) in [4.78, 5) is 0. The molecule has 0 saturated heterocycles. The van der Waals surface area contributed by atoms with E-state index in [4.69, 9.17) is 0 Å². The van der Waals surface area contributed by atoms with E-state index in [2.05, 4.69) is 24.3 Å². The summed E-state index contributed by atoms with van der Waals surface area (Å²) in [6.45, 7) is 8.42. The molecule has 0 amide bonds. The van der Waals surface area contributed by atoms with Crippen LogP contribution in [0.25, 0.3) is 0 Å². The van der Waals surface area contributed by atoms with Crippen LogP contribution in [0.1, 0.15) is 32.9 Å². The standard InChI is InChI=1S/C13H25N3O2S/c1-4-19(17,18)9-5-8-16-13(6-7-15-16)11-14-10-12(2)3/h6-7,12,14H,4-5,8-11H2,1-3H3. The molecule has 1 aromatic rings. The molecule has 1 heterocycles. The Kier molecular flexibility index (Phi) is 6.51. The van der Waals surface area contributed by atoms with E-state index in [1.54, 1.807) is 13.1 Å². The van der Waals surface area contributed by atoms with Gasteiger partial charge in [-0.3, -0.25) is 4.68 Å². The fourth-order valence-corrected chi connectivity index (χ4v) is 2.64. The minimum Gasteiger partial charge on any atom is -0.311 e. The van der Waals surface area contributed by atoms with E-state index in [9.17, 15) is 8.42 Å². The van der Waals surface area contributed by atoms with Gasteiger partial charge in [0.25, 0.3) is 0 Å². The van der Waals surface area contributed by atoms with Crippen molar-refractivity contribution < 1.29 is 8.42 Å². The highest BCUT2D eigenvalue weighted by Crippen LogP contribution is 2.02. The van der Waals surface area contributed by atoms with Crippen LogP contribution in [0.2, 0.25) is 0 Å². The Labute approximate surface area is 116 Å². The van der Waals surface area contributed by atoms with Crippen molar-refractivity contribution in [2.45, 2.75) is 40.3 Å². The molecule has 0 atom stereocenters. The second-order valence-corrected chi connectivity index (χ2v) is 7.63. The van der Waals surface area contributed by atoms with Gasteiger partial charge in [0.1, 0.15) is 9.84 Å². The van der Waals surface area contributed by atoms with Crippen molar-refractivity contribution in [1.29, 1.82) is 0 Å². The average Bonchev–Trinajstić information content (AvgIpc) is 2.76. The quantitative estimate of drug-likeness (QED) is 0.747. The summed E-state index contributed by atoms with van der Waals surface area (Å²) in [6.07, 6.45) is 2.38. The molecular formula is C13H25N3O2S. The molecule has 5 nitrogen and oxygen atoms in total. The molecule has 0 fully saturated rings. The van der Waals surface area contributed by atoms with Gasteiger partial charge in [-0.05, 0) is 24.9 Å². The van der Waals surface area contributed by atoms with Gasteiger partial charge in [-0.1, -0.05) is 20.8 Å². The van der Waals surface area contributed by atoms with Gasteiger partial charge in [0.2, 0.25) is 0 Å². The van der Waals surface area contributed by atoms with Crippen LogP contribution in [0.3, 0.4) is 0 Å². The fourth-order valence-electron chi connectivity index (χ4n) is 1.78. The molecule has 110 valence electrons. The molecule has 0 aliphatic rings. The first-order chi connectivity index (χ1) is 8.94. The molecule has 0 unspecified atom stereocenters. The minimum atomic E-state index is -2.87. The lowest BCUT2D eigenvalue weighted by Crippen LogP contribution is -2.21. The lowest BCUT2D eigenvalue weighted by Gasteiger charge is -2.10. The lowest BCUT2D eigenvalue weighted by atomic mass is 10.2. The maximum Gasteiger partial charge on any atom is 0.150 e. The van der Waals surface area contributed by atoms with Crippen molar-refractivity contribution in [3.8, 4) is 0 Å². The second-order valence-electron chi connectivity index (χ2n) is 5.16. The van der Waals surface area contributed by atoms with Crippen molar-refractivity contribution in [2.24, 2.45) is 5.92 Å². The molecule has 0 radical (unpaired) electrons. The van der Waals surface area contributed by atoms with E-state index in [0.717, 1.165) is 18.8 Å². The third-order valence-corrected chi connectivity index (χ3v) is 4.72. The maximum atomic E-state index is 11.4. The third kappa shape index (κ3) is 6.20. The summed E-state index contributed by atoms with van der Waals surface area (Å²) < 4.78 is 24.7. The first-order valence-corrected chi connectivity index (χ1v) is 8.68. The number of hydrogen-bond donors (Lipinski definition) is 1. The highest BCUT2D eigenvalue weighted by atomic mass is 32.2. The van der Waals surface area contributed by atoms with E-state index >= 15 is 0 Å². The van der Waals surface area contributed by atoms with E-state index in [1.807, 2.05) is 10.7 Å². The van der Waals surface area contributed by atoms with Gasteiger partial charge < -0.3 is 5.32 Å². The zero-order chi connectivity index (χ0) is 14.3. The molecule has 0 spiro atoms. The topological polar surface area (TPSA) is 64.0 Å². The molecule has 0 bridgehead atoms. The summed E-state index contributed by atoms with van der Waals surface area (Å²) >= 11 is 0. The van der Waals surface area contributed by atoms with Crippen molar-refractivity contribution >= 4 is 9.84 Å². The molecule has 1 N–H and O–H groups in total. The van der Waals surface area contributed by atoms with Crippen LogP contribution < -0.4 is 5.32 Å². The zero-order valence-electron chi connectivity index (χ0n) is 12.1. The predicted molar refractivity (Wildman–Crippen MR) is 77.7 cm³/mol. The van der Waals surface area contributed by atoms with Crippen LogP contribution in [0, 0.1) is 5.92 Å². The van der Waals surface area contributed by atoms with Crippen molar-refractivity contribution in [1.82, 2.24) is 15.1 Å². The number of nitrogens with one attached hydrogen (secondary N) is 1. The van der Waals surface area contributed by atoms with Crippen LogP contribution >= 0.6 is 0 Å². The number of rotatable bonds is 9. The van der Waals surface area contributed by atoms with Crippen molar-refractivity contribution in [3.63, 3.8) is 0 Å². The second kappa shape index (κ2) is 7.65. The van der Waals surface area contributed by atoms with E-state index in [-0.39, 0.29) is 11.5 Å². The molecule has 0 aliphatic carbocycles. The van der Waals surface area contributed by atoms with Crippen LogP contribution in [0.15, 0.2) is 12.3 Å². The number of hydrogen-bond acceptors (Lipinski definition) is 4. The first kappa shape index (κ1) is 16.2. The monoisotopic (exact) mass is 287 g/mol. The van der Waals surface area contributed by atoms with Gasteiger partial charge in [-0.25, -0.2) is 8.42 Å². The molecule has 1 rings (SSSR count). The summed E-state index contributed by atoms with van der Waals surface area (Å²) in [5.41, 5.74) is 1.11. The highest BCUT2D eigenvalue weighted by molar-refractivity contribution is 7.91. The lowest BCUT2D eigenvalue weighted by molar-refractivity contribution is 0.513. The van der Waals surface area contributed by atoms with E-state index in [1.165, 1.54) is 0 Å². The Hall–Kier alpha value is -0.880. The van der Waals surface area contributed by atoms with Gasteiger partial charge in [0.05, 0.1) is 11.4 Å². The molecule has 6 heteroatoms. The van der Waals surface area contributed by atoms with Crippen LogP contribution in [0.5, 0.6) is 0 Å². The third-order valence-electron chi connectivity index (χ3n) is 2.93. The summed E-state index contributed by atoms with van der Waals surface area (Å²) in [6, 6.07) is 1.97. The number of sulfone groups is 1. The SMILES string of the molecule is CCS(=O)(=O)CCCn1nccc1CNCC(C)C. The Morgan fingerprint density at radius 3 is 2.79 bits per heavy atom. The number of aromatic nitrogens is 2. The Morgan fingerprint density at radius 1 is 1.42 bits per heavy atom. The summed E-state index contributed by atoms with van der Waals surface area (Å²) in [7, 11) is -2.87. The van der Waals surface area contributed by atoms with Gasteiger partial charge in [0, 0.05) is 25.0 Å². The van der Waals surface area contributed by atoms with Crippen molar-refractivity contribution in [3.05, 3.63) is 18.0 Å². The highest BCUT2D eigenvalue weighted by Gasteiger charge is 2.08. The van der Waals surface area contributed by atoms with E-state index in [0.29, 0.717) is 18.9 Å². The van der Waals surface area contributed by atoms with Crippen molar-refractivity contribution in [2.75, 3.05) is 18.1 Å².